The van der Waals surface area contributed by atoms with Gasteiger partial charge in [-0.25, -0.2) is 0 Å². The second-order valence-electron chi connectivity index (χ2n) is 9.81. The van der Waals surface area contributed by atoms with Gasteiger partial charge in [-0.1, -0.05) is 27.7 Å². The van der Waals surface area contributed by atoms with Crippen molar-refractivity contribution in [3.8, 4) is 17.2 Å². The summed E-state index contributed by atoms with van der Waals surface area (Å²) in [7, 11) is 5.16. The van der Waals surface area contributed by atoms with Gasteiger partial charge in [-0.05, 0) is 49.4 Å². The Kier molecular flexibility index (Phi) is 6.59. The summed E-state index contributed by atoms with van der Waals surface area (Å²) in [5.41, 5.74) is 3.65. The van der Waals surface area contributed by atoms with Gasteiger partial charge in [-0.2, -0.15) is 0 Å². The number of ether oxygens (including phenoxy) is 4. The van der Waals surface area contributed by atoms with E-state index < -0.39 is 0 Å². The van der Waals surface area contributed by atoms with E-state index in [4.69, 9.17) is 18.9 Å². The summed E-state index contributed by atoms with van der Waals surface area (Å²) in [6, 6.07) is 0. The highest BCUT2D eigenvalue weighted by molar-refractivity contribution is 5.66. The van der Waals surface area contributed by atoms with Crippen LogP contribution in [0.3, 0.4) is 0 Å². The van der Waals surface area contributed by atoms with E-state index in [1.807, 2.05) is 0 Å². The van der Waals surface area contributed by atoms with Crippen LogP contribution in [0.25, 0.3) is 0 Å². The minimum atomic E-state index is -0.194. The number of methoxy groups -OCH3 is 3. The molecule has 1 fully saturated rings. The lowest BCUT2D eigenvalue weighted by Crippen LogP contribution is -2.45. The van der Waals surface area contributed by atoms with Gasteiger partial charge in [0.2, 0.25) is 0 Å². The van der Waals surface area contributed by atoms with Crippen molar-refractivity contribution in [2.45, 2.75) is 78.7 Å². The number of hydrogen-bond acceptors (Lipinski definition) is 5. The van der Waals surface area contributed by atoms with E-state index in [0.717, 1.165) is 60.5 Å². The fraction of sp³-hybridized carbons (Fsp3) is 0.720. The van der Waals surface area contributed by atoms with E-state index in [1.54, 1.807) is 21.3 Å². The molecule has 0 amide bonds. The van der Waals surface area contributed by atoms with Crippen molar-refractivity contribution in [2.75, 3.05) is 21.3 Å². The first-order valence-electron chi connectivity index (χ1n) is 11.2. The second kappa shape index (κ2) is 8.68. The molecule has 3 atom stereocenters. The Balaban J connectivity index is 2.20. The van der Waals surface area contributed by atoms with E-state index in [2.05, 4.69) is 27.7 Å². The molecule has 0 saturated heterocycles. The Morgan fingerprint density at radius 2 is 1.60 bits per heavy atom. The molecular weight excluding hydrogens is 380 g/mol. The van der Waals surface area contributed by atoms with Crippen molar-refractivity contribution < 1.29 is 23.7 Å². The van der Waals surface area contributed by atoms with Gasteiger partial charge in [0.1, 0.15) is 11.9 Å². The summed E-state index contributed by atoms with van der Waals surface area (Å²) in [4.78, 5) is 11.8. The molecular formula is C25H38O5. The average molecular weight is 419 g/mol. The van der Waals surface area contributed by atoms with E-state index in [9.17, 15) is 4.79 Å². The molecule has 5 heteroatoms. The largest absolute Gasteiger partial charge is 0.496 e. The third-order valence-corrected chi connectivity index (χ3v) is 7.33. The highest BCUT2D eigenvalue weighted by Gasteiger charge is 2.47. The molecule has 1 saturated carbocycles. The molecule has 30 heavy (non-hydrogen) atoms. The lowest BCUT2D eigenvalue weighted by Gasteiger charge is -2.47. The van der Waals surface area contributed by atoms with Crippen molar-refractivity contribution in [1.29, 1.82) is 0 Å². The van der Waals surface area contributed by atoms with E-state index in [0.29, 0.717) is 5.92 Å². The van der Waals surface area contributed by atoms with E-state index in [1.165, 1.54) is 12.5 Å². The molecule has 1 aromatic rings. The fourth-order valence-corrected chi connectivity index (χ4v) is 5.98. The van der Waals surface area contributed by atoms with Crippen LogP contribution in [0.5, 0.6) is 17.2 Å². The van der Waals surface area contributed by atoms with E-state index in [-0.39, 0.29) is 29.3 Å². The van der Waals surface area contributed by atoms with Gasteiger partial charge in [0.15, 0.2) is 11.5 Å². The van der Waals surface area contributed by atoms with Crippen LogP contribution in [-0.4, -0.2) is 33.4 Å². The van der Waals surface area contributed by atoms with Crippen molar-refractivity contribution in [3.63, 3.8) is 0 Å². The molecule has 0 bridgehead atoms. The summed E-state index contributed by atoms with van der Waals surface area (Å²) in [6.07, 6.45) is 4.69. The summed E-state index contributed by atoms with van der Waals surface area (Å²) in [6.45, 7) is 10.5. The summed E-state index contributed by atoms with van der Waals surface area (Å²) in [5.74, 6) is 3.27. The molecule has 3 rings (SSSR count). The first kappa shape index (κ1) is 22.8. The van der Waals surface area contributed by atoms with Gasteiger partial charge in [0.25, 0.3) is 0 Å². The third-order valence-electron chi connectivity index (χ3n) is 7.33. The maximum Gasteiger partial charge on any atom is 0.302 e. The monoisotopic (exact) mass is 418 g/mol. The Bertz CT molecular complexity index is 795. The molecule has 2 aliphatic rings. The summed E-state index contributed by atoms with van der Waals surface area (Å²) >= 11 is 0. The zero-order valence-corrected chi connectivity index (χ0v) is 19.9. The molecule has 0 radical (unpaired) electrons. The average Bonchev–Trinajstić information content (AvgIpc) is 2.89. The first-order chi connectivity index (χ1) is 14.2. The zero-order chi connectivity index (χ0) is 22.2. The Morgan fingerprint density at radius 3 is 2.13 bits per heavy atom. The lowest BCUT2D eigenvalue weighted by atomic mass is 9.60. The van der Waals surface area contributed by atoms with Crippen molar-refractivity contribution in [1.82, 2.24) is 0 Å². The SMILES string of the molecule is COc1c2c(c(OC)c(C(C)C)c1OC)CC[C@@H]1[C@@H](C2)[C@@H](OC(C)=O)CCC1(C)C. The van der Waals surface area contributed by atoms with Gasteiger partial charge in [0, 0.05) is 29.5 Å². The maximum atomic E-state index is 11.8. The summed E-state index contributed by atoms with van der Waals surface area (Å²) in [5, 5.41) is 0. The molecule has 5 nitrogen and oxygen atoms in total. The number of esters is 1. The van der Waals surface area contributed by atoms with Crippen molar-refractivity contribution >= 4 is 5.97 Å². The molecule has 0 heterocycles. The van der Waals surface area contributed by atoms with Crippen molar-refractivity contribution in [2.24, 2.45) is 17.3 Å². The fourth-order valence-electron chi connectivity index (χ4n) is 5.98. The third kappa shape index (κ3) is 3.88. The number of hydrogen-bond donors (Lipinski definition) is 0. The van der Waals surface area contributed by atoms with Crippen LogP contribution < -0.4 is 14.2 Å². The van der Waals surface area contributed by atoms with Crippen molar-refractivity contribution in [3.05, 3.63) is 16.7 Å². The quantitative estimate of drug-likeness (QED) is 0.607. The van der Waals surface area contributed by atoms with E-state index >= 15 is 0 Å². The Hall–Kier alpha value is -1.91. The van der Waals surface area contributed by atoms with Crippen LogP contribution in [0.15, 0.2) is 0 Å². The maximum absolute atomic E-state index is 11.8. The van der Waals surface area contributed by atoms with Gasteiger partial charge in [0.05, 0.1) is 21.3 Å². The van der Waals surface area contributed by atoms with Gasteiger partial charge in [-0.3, -0.25) is 4.79 Å². The van der Waals surface area contributed by atoms with Gasteiger partial charge >= 0.3 is 5.97 Å². The predicted octanol–water partition coefficient (Wildman–Crippen LogP) is 5.31. The molecule has 0 spiro atoms. The van der Waals surface area contributed by atoms with Crippen LogP contribution in [-0.2, 0) is 22.4 Å². The molecule has 1 aromatic carbocycles. The van der Waals surface area contributed by atoms with Crippen LogP contribution in [0.1, 0.15) is 76.5 Å². The van der Waals surface area contributed by atoms with Crippen LogP contribution >= 0.6 is 0 Å². The highest BCUT2D eigenvalue weighted by atomic mass is 16.5. The minimum Gasteiger partial charge on any atom is -0.496 e. The number of rotatable bonds is 5. The molecule has 0 aromatic heterocycles. The number of benzene rings is 1. The normalized spacial score (nSPS) is 25.0. The number of fused-ring (bicyclic) bond motifs is 2. The van der Waals surface area contributed by atoms with Gasteiger partial charge in [-0.15, -0.1) is 0 Å². The zero-order valence-electron chi connectivity index (χ0n) is 19.9. The summed E-state index contributed by atoms with van der Waals surface area (Å²) < 4.78 is 23.6. The molecule has 0 aliphatic heterocycles. The first-order valence-corrected chi connectivity index (χ1v) is 11.2. The minimum absolute atomic E-state index is 0.0575. The van der Waals surface area contributed by atoms with Crippen LogP contribution in [0.4, 0.5) is 0 Å². The number of carbonyl (C=O) groups excluding carboxylic acids is 1. The smallest absolute Gasteiger partial charge is 0.302 e. The van der Waals surface area contributed by atoms with Crippen LogP contribution in [0, 0.1) is 17.3 Å². The second-order valence-corrected chi connectivity index (χ2v) is 9.81. The van der Waals surface area contributed by atoms with Crippen LogP contribution in [0.2, 0.25) is 0 Å². The number of carbonyl (C=O) groups is 1. The highest BCUT2D eigenvalue weighted by Crippen LogP contribution is 2.55. The molecule has 2 aliphatic carbocycles. The Labute approximate surface area is 181 Å². The Morgan fingerprint density at radius 1 is 0.967 bits per heavy atom. The standard InChI is InChI=1S/C25H38O5/c1-14(2)21-22(27-6)16-9-10-19-18(13-17(16)23(28-7)24(21)29-8)20(30-15(3)26)11-12-25(19,4)5/h14,18-20H,9-13H2,1-8H3/t18-,19-,20+/m1/s1. The molecule has 168 valence electrons. The lowest BCUT2D eigenvalue weighted by molar-refractivity contribution is -0.156. The molecule has 0 N–H and O–H groups in total. The predicted molar refractivity (Wildman–Crippen MR) is 118 cm³/mol. The topological polar surface area (TPSA) is 54.0 Å². The molecule has 0 unspecified atom stereocenters. The van der Waals surface area contributed by atoms with Gasteiger partial charge < -0.3 is 18.9 Å².